The van der Waals surface area contributed by atoms with Gasteiger partial charge >= 0.3 is 5.97 Å². The van der Waals surface area contributed by atoms with E-state index in [2.05, 4.69) is 55.5 Å². The molecule has 1 aliphatic carbocycles. The minimum Gasteiger partial charge on any atom is -0.490 e. The lowest BCUT2D eigenvalue weighted by Gasteiger charge is -2.09. The molecule has 0 saturated heterocycles. The zero-order valence-corrected chi connectivity index (χ0v) is 16.7. The standard InChI is InChI=1S/C26H24O3/c1-17(13-14-29-23-10-7-19(8-11-23)18(2)26(27)28)20-9-12-25-22(15-20)16-21-5-3-4-6-24(21)25/h3-13,15,18H,14,16H2,1-2H3,(H,27,28)/b17-13+. The van der Waals surface area contributed by atoms with Gasteiger partial charge in [-0.15, -0.1) is 0 Å². The Morgan fingerprint density at radius 1 is 1.03 bits per heavy atom. The van der Waals surface area contributed by atoms with E-state index >= 15 is 0 Å². The third-order valence-corrected chi connectivity index (χ3v) is 5.64. The van der Waals surface area contributed by atoms with Crippen LogP contribution >= 0.6 is 0 Å². The average Bonchev–Trinajstić information content (AvgIpc) is 3.11. The highest BCUT2D eigenvalue weighted by atomic mass is 16.5. The molecule has 0 fully saturated rings. The van der Waals surface area contributed by atoms with Crippen molar-refractivity contribution in [3.05, 3.63) is 95.1 Å². The van der Waals surface area contributed by atoms with Gasteiger partial charge in [0.1, 0.15) is 12.4 Å². The smallest absolute Gasteiger partial charge is 0.310 e. The number of allylic oxidation sites excluding steroid dienone is 1. The van der Waals surface area contributed by atoms with Crippen LogP contribution in [0.5, 0.6) is 5.75 Å². The summed E-state index contributed by atoms with van der Waals surface area (Å²) < 4.78 is 5.81. The molecule has 1 atom stereocenters. The van der Waals surface area contributed by atoms with E-state index in [9.17, 15) is 4.79 Å². The molecule has 4 rings (SSSR count). The summed E-state index contributed by atoms with van der Waals surface area (Å²) in [6, 6.07) is 22.5. The second kappa shape index (κ2) is 7.96. The van der Waals surface area contributed by atoms with Crippen molar-refractivity contribution >= 4 is 11.5 Å². The third-order valence-electron chi connectivity index (χ3n) is 5.64. The fraction of sp³-hybridized carbons (Fsp3) is 0.192. The number of aliphatic carboxylic acids is 1. The zero-order chi connectivity index (χ0) is 20.4. The average molecular weight is 384 g/mol. The number of carboxylic acid groups (broad SMARTS) is 1. The molecule has 3 aromatic rings. The molecule has 146 valence electrons. The molecular weight excluding hydrogens is 360 g/mol. The van der Waals surface area contributed by atoms with Crippen molar-refractivity contribution < 1.29 is 14.6 Å². The van der Waals surface area contributed by atoms with Crippen LogP contribution in [-0.4, -0.2) is 17.7 Å². The highest BCUT2D eigenvalue weighted by molar-refractivity contribution is 5.79. The number of benzene rings is 3. The van der Waals surface area contributed by atoms with Crippen LogP contribution in [0, 0.1) is 0 Å². The Morgan fingerprint density at radius 3 is 2.52 bits per heavy atom. The van der Waals surface area contributed by atoms with Crippen molar-refractivity contribution in [1.29, 1.82) is 0 Å². The maximum atomic E-state index is 11.1. The molecule has 3 nitrogen and oxygen atoms in total. The molecule has 1 N–H and O–H groups in total. The summed E-state index contributed by atoms with van der Waals surface area (Å²) in [7, 11) is 0. The molecule has 0 bridgehead atoms. The summed E-state index contributed by atoms with van der Waals surface area (Å²) in [4.78, 5) is 11.1. The SMILES string of the molecule is C/C(=C\COc1ccc(C(C)C(=O)O)cc1)c1ccc2c(c1)Cc1ccccc1-2. The van der Waals surface area contributed by atoms with Crippen LogP contribution in [-0.2, 0) is 11.2 Å². The first-order valence-electron chi connectivity index (χ1n) is 9.87. The van der Waals surface area contributed by atoms with Crippen LogP contribution in [0.3, 0.4) is 0 Å². The normalized spacial score (nSPS) is 13.5. The molecule has 0 amide bonds. The fourth-order valence-corrected chi connectivity index (χ4v) is 3.77. The molecule has 29 heavy (non-hydrogen) atoms. The van der Waals surface area contributed by atoms with E-state index in [-0.39, 0.29) is 0 Å². The Labute approximate surface area is 171 Å². The first-order chi connectivity index (χ1) is 14.0. The topological polar surface area (TPSA) is 46.5 Å². The number of fused-ring (bicyclic) bond motifs is 3. The number of carbonyl (C=O) groups is 1. The summed E-state index contributed by atoms with van der Waals surface area (Å²) in [6.07, 6.45) is 3.07. The maximum Gasteiger partial charge on any atom is 0.310 e. The Hall–Kier alpha value is -3.33. The summed E-state index contributed by atoms with van der Waals surface area (Å²) in [5.41, 5.74) is 8.62. The Bertz CT molecular complexity index is 1080. The summed E-state index contributed by atoms with van der Waals surface area (Å²) in [5.74, 6) is -0.605. The number of ether oxygens (including phenoxy) is 1. The Morgan fingerprint density at radius 2 is 1.76 bits per heavy atom. The van der Waals surface area contributed by atoms with Crippen molar-refractivity contribution in [2.45, 2.75) is 26.2 Å². The van der Waals surface area contributed by atoms with Crippen LogP contribution in [0.1, 0.15) is 42.0 Å². The van der Waals surface area contributed by atoms with Crippen molar-refractivity contribution in [3.8, 4) is 16.9 Å². The van der Waals surface area contributed by atoms with Gasteiger partial charge in [0, 0.05) is 0 Å². The molecule has 3 heteroatoms. The minimum absolute atomic E-state index is 0.469. The summed E-state index contributed by atoms with van der Waals surface area (Å²) in [6.45, 7) is 4.25. The lowest BCUT2D eigenvalue weighted by atomic mass is 10.00. The number of hydrogen-bond acceptors (Lipinski definition) is 2. The van der Waals surface area contributed by atoms with Gasteiger partial charge in [0.25, 0.3) is 0 Å². The largest absolute Gasteiger partial charge is 0.490 e. The van der Waals surface area contributed by atoms with E-state index in [1.807, 2.05) is 24.3 Å². The second-order valence-electron chi connectivity index (χ2n) is 7.53. The molecule has 1 unspecified atom stereocenters. The zero-order valence-electron chi connectivity index (χ0n) is 16.7. The Kier molecular flexibility index (Phi) is 5.22. The second-order valence-corrected chi connectivity index (χ2v) is 7.53. The van der Waals surface area contributed by atoms with Crippen LogP contribution in [0.2, 0.25) is 0 Å². The highest BCUT2D eigenvalue weighted by Crippen LogP contribution is 2.37. The van der Waals surface area contributed by atoms with Gasteiger partial charge in [0.15, 0.2) is 0 Å². The molecule has 3 aromatic carbocycles. The fourth-order valence-electron chi connectivity index (χ4n) is 3.77. The van der Waals surface area contributed by atoms with Gasteiger partial charge in [0.05, 0.1) is 5.92 Å². The van der Waals surface area contributed by atoms with Gasteiger partial charge < -0.3 is 9.84 Å². The molecule has 0 aliphatic heterocycles. The first-order valence-corrected chi connectivity index (χ1v) is 9.87. The molecule has 0 saturated carbocycles. The molecular formula is C26H24O3. The quantitative estimate of drug-likeness (QED) is 0.448. The van der Waals surface area contributed by atoms with Crippen molar-refractivity contribution in [2.75, 3.05) is 6.61 Å². The van der Waals surface area contributed by atoms with Crippen LogP contribution in [0.15, 0.2) is 72.8 Å². The maximum absolute atomic E-state index is 11.1. The van der Waals surface area contributed by atoms with Gasteiger partial charge in [-0.2, -0.15) is 0 Å². The lowest BCUT2D eigenvalue weighted by Crippen LogP contribution is -2.07. The molecule has 0 spiro atoms. The molecule has 0 aromatic heterocycles. The Balaban J connectivity index is 1.41. The van der Waals surface area contributed by atoms with E-state index in [1.54, 1.807) is 6.92 Å². The van der Waals surface area contributed by atoms with Gasteiger partial charge in [-0.05, 0) is 77.4 Å². The summed E-state index contributed by atoms with van der Waals surface area (Å²) >= 11 is 0. The molecule has 1 aliphatic rings. The van der Waals surface area contributed by atoms with E-state index in [0.717, 1.165) is 17.7 Å². The molecule has 0 radical (unpaired) electrons. The van der Waals surface area contributed by atoms with Gasteiger partial charge in [0.2, 0.25) is 0 Å². The van der Waals surface area contributed by atoms with E-state index in [4.69, 9.17) is 9.84 Å². The number of hydrogen-bond donors (Lipinski definition) is 1. The third kappa shape index (κ3) is 3.95. The van der Waals surface area contributed by atoms with Crippen molar-refractivity contribution in [2.24, 2.45) is 0 Å². The van der Waals surface area contributed by atoms with Crippen molar-refractivity contribution in [1.82, 2.24) is 0 Å². The van der Waals surface area contributed by atoms with Crippen molar-refractivity contribution in [3.63, 3.8) is 0 Å². The van der Waals surface area contributed by atoms with E-state index in [1.165, 1.54) is 33.4 Å². The van der Waals surface area contributed by atoms with Crippen LogP contribution in [0.4, 0.5) is 0 Å². The predicted molar refractivity (Wildman–Crippen MR) is 116 cm³/mol. The van der Waals surface area contributed by atoms with Gasteiger partial charge in [-0.1, -0.05) is 54.6 Å². The van der Waals surface area contributed by atoms with Gasteiger partial charge in [-0.3, -0.25) is 4.79 Å². The van der Waals surface area contributed by atoms with Crippen LogP contribution in [0.25, 0.3) is 16.7 Å². The summed E-state index contributed by atoms with van der Waals surface area (Å²) in [5, 5.41) is 9.09. The number of carboxylic acids is 1. The van der Waals surface area contributed by atoms with Gasteiger partial charge in [-0.25, -0.2) is 0 Å². The lowest BCUT2D eigenvalue weighted by molar-refractivity contribution is -0.138. The predicted octanol–water partition coefficient (Wildman–Crippen LogP) is 5.93. The molecule has 0 heterocycles. The number of rotatable bonds is 6. The monoisotopic (exact) mass is 384 g/mol. The van der Waals surface area contributed by atoms with E-state index < -0.39 is 11.9 Å². The minimum atomic E-state index is -0.824. The highest BCUT2D eigenvalue weighted by Gasteiger charge is 2.18. The van der Waals surface area contributed by atoms with Crippen LogP contribution < -0.4 is 4.74 Å². The first kappa shape index (κ1) is 19.0. The van der Waals surface area contributed by atoms with E-state index in [0.29, 0.717) is 6.61 Å².